The predicted octanol–water partition coefficient (Wildman–Crippen LogP) is 1.66. The van der Waals surface area contributed by atoms with Gasteiger partial charge in [-0.2, -0.15) is 4.98 Å². The first-order valence-corrected chi connectivity index (χ1v) is 6.24. The van der Waals surface area contributed by atoms with Crippen LogP contribution in [0, 0.1) is 0 Å². The number of nitrogens with one attached hydrogen (secondary N) is 1. The van der Waals surface area contributed by atoms with Gasteiger partial charge in [0.25, 0.3) is 0 Å². The Kier molecular flexibility index (Phi) is 2.67. The third-order valence-electron chi connectivity index (χ3n) is 2.74. The fourth-order valence-corrected chi connectivity index (χ4v) is 2.44. The summed E-state index contributed by atoms with van der Waals surface area (Å²) < 4.78 is 5.31. The van der Waals surface area contributed by atoms with Gasteiger partial charge in [-0.05, 0) is 19.4 Å². The van der Waals surface area contributed by atoms with E-state index >= 15 is 0 Å². The van der Waals surface area contributed by atoms with Gasteiger partial charge in [-0.25, -0.2) is 0 Å². The standard InChI is InChI=1S/C10H12N4OS/c1-2-7(4-11-3-1)10-13-9(14-15-10)8-5-12-6-16-8/h5-7,11H,1-4H2. The zero-order valence-corrected chi connectivity index (χ0v) is 9.54. The first-order valence-electron chi connectivity index (χ1n) is 5.36. The van der Waals surface area contributed by atoms with Crippen LogP contribution in [0.3, 0.4) is 0 Å². The third-order valence-corrected chi connectivity index (χ3v) is 3.51. The number of piperidine rings is 1. The van der Waals surface area contributed by atoms with E-state index in [9.17, 15) is 0 Å². The monoisotopic (exact) mass is 236 g/mol. The molecule has 0 aliphatic carbocycles. The van der Waals surface area contributed by atoms with Crippen LogP contribution in [-0.2, 0) is 0 Å². The topological polar surface area (TPSA) is 63.8 Å². The second-order valence-electron chi connectivity index (χ2n) is 3.87. The molecule has 1 N–H and O–H groups in total. The second-order valence-corrected chi connectivity index (χ2v) is 4.75. The Morgan fingerprint density at radius 2 is 2.50 bits per heavy atom. The minimum absolute atomic E-state index is 0.364. The molecule has 2 aromatic heterocycles. The fourth-order valence-electron chi connectivity index (χ4n) is 1.89. The zero-order chi connectivity index (χ0) is 10.8. The molecule has 0 amide bonds. The Bertz CT molecular complexity index is 447. The summed E-state index contributed by atoms with van der Waals surface area (Å²) in [5.74, 6) is 1.77. The van der Waals surface area contributed by atoms with Gasteiger partial charge >= 0.3 is 0 Å². The summed E-state index contributed by atoms with van der Waals surface area (Å²) in [7, 11) is 0. The minimum atomic E-state index is 0.364. The number of rotatable bonds is 2. The fraction of sp³-hybridized carbons (Fsp3) is 0.500. The molecule has 6 heteroatoms. The molecule has 1 unspecified atom stereocenters. The maximum atomic E-state index is 5.31. The molecule has 0 bridgehead atoms. The smallest absolute Gasteiger partial charge is 0.231 e. The molecule has 1 atom stereocenters. The number of aromatic nitrogens is 3. The van der Waals surface area contributed by atoms with Gasteiger partial charge in [0.05, 0.1) is 16.3 Å². The largest absolute Gasteiger partial charge is 0.339 e. The van der Waals surface area contributed by atoms with E-state index < -0.39 is 0 Å². The lowest BCUT2D eigenvalue weighted by Crippen LogP contribution is -2.28. The molecular weight excluding hydrogens is 224 g/mol. The molecule has 5 nitrogen and oxygen atoms in total. The summed E-state index contributed by atoms with van der Waals surface area (Å²) in [6.45, 7) is 2.02. The Morgan fingerprint density at radius 1 is 1.50 bits per heavy atom. The summed E-state index contributed by atoms with van der Waals surface area (Å²) in [5.41, 5.74) is 1.77. The molecule has 3 rings (SSSR count). The average molecular weight is 236 g/mol. The highest BCUT2D eigenvalue weighted by atomic mass is 32.1. The molecule has 84 valence electrons. The normalized spacial score (nSPS) is 21.1. The van der Waals surface area contributed by atoms with Crippen molar-refractivity contribution < 1.29 is 4.52 Å². The SMILES string of the molecule is c1ncc(-c2noc(C3CCCNC3)n2)s1. The Hall–Kier alpha value is -1.27. The maximum absolute atomic E-state index is 5.31. The first-order chi connectivity index (χ1) is 7.93. The molecule has 3 heterocycles. The highest BCUT2D eigenvalue weighted by Gasteiger charge is 2.21. The van der Waals surface area contributed by atoms with Gasteiger partial charge in [-0.15, -0.1) is 11.3 Å². The first kappa shape index (κ1) is 9.92. The van der Waals surface area contributed by atoms with E-state index in [1.807, 2.05) is 0 Å². The summed E-state index contributed by atoms with van der Waals surface area (Å²) in [4.78, 5) is 9.39. The zero-order valence-electron chi connectivity index (χ0n) is 8.72. The average Bonchev–Trinajstić information content (AvgIpc) is 3.01. The van der Waals surface area contributed by atoms with Crippen LogP contribution in [0.5, 0.6) is 0 Å². The number of nitrogens with zero attached hydrogens (tertiary/aromatic N) is 3. The van der Waals surface area contributed by atoms with Gasteiger partial charge in [-0.1, -0.05) is 5.16 Å². The van der Waals surface area contributed by atoms with Gasteiger partial charge in [0.15, 0.2) is 0 Å². The molecule has 0 radical (unpaired) electrons. The molecule has 1 saturated heterocycles. The molecule has 1 fully saturated rings. The highest BCUT2D eigenvalue weighted by molar-refractivity contribution is 7.13. The van der Waals surface area contributed by atoms with E-state index in [-0.39, 0.29) is 0 Å². The van der Waals surface area contributed by atoms with E-state index in [1.54, 1.807) is 11.7 Å². The molecular formula is C10H12N4OS. The lowest BCUT2D eigenvalue weighted by Gasteiger charge is -2.18. The van der Waals surface area contributed by atoms with Crippen molar-refractivity contribution in [3.8, 4) is 10.7 Å². The minimum Gasteiger partial charge on any atom is -0.339 e. The van der Waals surface area contributed by atoms with Gasteiger partial charge in [0.1, 0.15) is 0 Å². The van der Waals surface area contributed by atoms with Crippen molar-refractivity contribution in [2.24, 2.45) is 0 Å². The molecule has 1 aliphatic rings. The number of hydrogen-bond acceptors (Lipinski definition) is 6. The van der Waals surface area contributed by atoms with Gasteiger partial charge in [0.2, 0.25) is 11.7 Å². The molecule has 2 aromatic rings. The van der Waals surface area contributed by atoms with E-state index in [0.717, 1.165) is 30.3 Å². The van der Waals surface area contributed by atoms with Crippen molar-refractivity contribution in [2.45, 2.75) is 18.8 Å². The predicted molar refractivity (Wildman–Crippen MR) is 60.3 cm³/mol. The Balaban J connectivity index is 1.82. The highest BCUT2D eigenvalue weighted by Crippen LogP contribution is 2.25. The van der Waals surface area contributed by atoms with E-state index in [2.05, 4.69) is 20.4 Å². The van der Waals surface area contributed by atoms with Crippen LogP contribution >= 0.6 is 11.3 Å². The van der Waals surface area contributed by atoms with Crippen molar-refractivity contribution in [1.29, 1.82) is 0 Å². The van der Waals surface area contributed by atoms with E-state index in [1.165, 1.54) is 17.8 Å². The van der Waals surface area contributed by atoms with E-state index in [4.69, 9.17) is 4.52 Å². The van der Waals surface area contributed by atoms with Gasteiger partial charge in [0, 0.05) is 12.7 Å². The lowest BCUT2D eigenvalue weighted by molar-refractivity contribution is 0.322. The lowest BCUT2D eigenvalue weighted by atomic mass is 10.00. The molecule has 0 aromatic carbocycles. The third kappa shape index (κ3) is 1.85. The van der Waals surface area contributed by atoms with Crippen LogP contribution < -0.4 is 5.32 Å². The van der Waals surface area contributed by atoms with Crippen molar-refractivity contribution in [1.82, 2.24) is 20.4 Å². The van der Waals surface area contributed by atoms with Crippen molar-refractivity contribution >= 4 is 11.3 Å². The van der Waals surface area contributed by atoms with Crippen LogP contribution in [0.4, 0.5) is 0 Å². The van der Waals surface area contributed by atoms with Crippen LogP contribution in [0.25, 0.3) is 10.7 Å². The quantitative estimate of drug-likeness (QED) is 0.859. The number of thiazole rings is 1. The van der Waals surface area contributed by atoms with Crippen LogP contribution in [0.2, 0.25) is 0 Å². The maximum Gasteiger partial charge on any atom is 0.231 e. The second kappa shape index (κ2) is 4.31. The molecule has 0 saturated carbocycles. The summed E-state index contributed by atoms with van der Waals surface area (Å²) in [5, 5.41) is 7.33. The van der Waals surface area contributed by atoms with Crippen LogP contribution in [0.15, 0.2) is 16.2 Å². The summed E-state index contributed by atoms with van der Waals surface area (Å²) >= 11 is 1.52. The molecule has 16 heavy (non-hydrogen) atoms. The van der Waals surface area contributed by atoms with Crippen LogP contribution in [0.1, 0.15) is 24.7 Å². The molecule has 0 spiro atoms. The van der Waals surface area contributed by atoms with Crippen molar-refractivity contribution in [3.63, 3.8) is 0 Å². The number of hydrogen-bond donors (Lipinski definition) is 1. The van der Waals surface area contributed by atoms with Gasteiger partial charge in [-0.3, -0.25) is 4.98 Å². The van der Waals surface area contributed by atoms with E-state index in [0.29, 0.717) is 11.7 Å². The van der Waals surface area contributed by atoms with Crippen LogP contribution in [-0.4, -0.2) is 28.2 Å². The summed E-state index contributed by atoms with van der Waals surface area (Å²) in [6, 6.07) is 0. The van der Waals surface area contributed by atoms with Crippen molar-refractivity contribution in [2.75, 3.05) is 13.1 Å². The van der Waals surface area contributed by atoms with Crippen molar-refractivity contribution in [3.05, 3.63) is 17.6 Å². The Morgan fingerprint density at radius 3 is 3.25 bits per heavy atom. The summed E-state index contributed by atoms with van der Waals surface area (Å²) in [6.07, 6.45) is 4.05. The Labute approximate surface area is 96.9 Å². The van der Waals surface area contributed by atoms with Gasteiger partial charge < -0.3 is 9.84 Å². The molecule has 1 aliphatic heterocycles.